The maximum Gasteiger partial charge on any atom is 0.294 e. The molecule has 2 aromatic carbocycles. The molecule has 7 nitrogen and oxygen atoms in total. The molecule has 1 fully saturated rings. The van der Waals surface area contributed by atoms with E-state index in [1.807, 2.05) is 25.1 Å². The lowest BCUT2D eigenvalue weighted by molar-refractivity contribution is -0.127. The summed E-state index contributed by atoms with van der Waals surface area (Å²) in [4.78, 5) is 38.4. The summed E-state index contributed by atoms with van der Waals surface area (Å²) in [5.41, 5.74) is 2.23. The van der Waals surface area contributed by atoms with Crippen molar-refractivity contribution in [2.24, 2.45) is 0 Å². The molecular formula is C21H20N2O5S. The lowest BCUT2D eigenvalue weighted by atomic mass is 10.1. The Hall–Kier alpha value is -3.26. The quantitative estimate of drug-likeness (QED) is 0.729. The van der Waals surface area contributed by atoms with Gasteiger partial charge in [-0.2, -0.15) is 0 Å². The van der Waals surface area contributed by atoms with Crippen molar-refractivity contribution in [3.63, 3.8) is 0 Å². The lowest BCUT2D eigenvalue weighted by Crippen LogP contribution is -2.36. The molecule has 1 aliphatic rings. The number of nitrogens with zero attached hydrogens (tertiary/aromatic N) is 1. The van der Waals surface area contributed by atoms with Crippen LogP contribution in [0.15, 0.2) is 47.4 Å². The Morgan fingerprint density at radius 2 is 1.93 bits per heavy atom. The highest BCUT2D eigenvalue weighted by Crippen LogP contribution is 2.34. The smallest absolute Gasteiger partial charge is 0.294 e. The number of hydrogen-bond donors (Lipinski definition) is 1. The number of anilines is 1. The van der Waals surface area contributed by atoms with Gasteiger partial charge in [0.2, 0.25) is 5.91 Å². The molecule has 1 N–H and O–H groups in total. The fraction of sp³-hybridized carbons (Fsp3) is 0.190. The molecule has 29 heavy (non-hydrogen) atoms. The maximum absolute atomic E-state index is 12.7. The van der Waals surface area contributed by atoms with E-state index in [4.69, 9.17) is 9.47 Å². The number of nitrogens with one attached hydrogen (secondary N) is 1. The minimum atomic E-state index is -0.516. The van der Waals surface area contributed by atoms with Crippen LogP contribution in [-0.2, 0) is 9.59 Å². The number of hydrogen-bond acceptors (Lipinski definition) is 6. The molecule has 3 amide bonds. The zero-order chi connectivity index (χ0) is 21.0. The minimum Gasteiger partial charge on any atom is -0.497 e. The van der Waals surface area contributed by atoms with Gasteiger partial charge in [-0.1, -0.05) is 12.1 Å². The molecule has 0 aliphatic carbocycles. The first kappa shape index (κ1) is 20.5. The summed E-state index contributed by atoms with van der Waals surface area (Å²) in [6.07, 6.45) is 1.57. The Kier molecular flexibility index (Phi) is 6.23. The van der Waals surface area contributed by atoms with Gasteiger partial charge in [-0.15, -0.1) is 0 Å². The molecule has 1 saturated heterocycles. The van der Waals surface area contributed by atoms with Gasteiger partial charge in [0.15, 0.2) is 0 Å². The van der Waals surface area contributed by atoms with E-state index in [0.717, 1.165) is 22.2 Å². The number of aryl methyl sites for hydroxylation is 1. The fourth-order valence-corrected chi connectivity index (χ4v) is 3.61. The largest absolute Gasteiger partial charge is 0.497 e. The van der Waals surface area contributed by atoms with Crippen molar-refractivity contribution >= 4 is 40.6 Å². The molecule has 150 valence electrons. The SMILES string of the molecule is COc1ccc(/C=C2/SC(=O)N(CC(=O)Nc3cccc(C)c3)C2=O)c(OC)c1. The average molecular weight is 412 g/mol. The van der Waals surface area contributed by atoms with Crippen LogP contribution in [0.25, 0.3) is 6.08 Å². The number of methoxy groups -OCH3 is 2. The summed E-state index contributed by atoms with van der Waals surface area (Å²) in [7, 11) is 3.05. The highest BCUT2D eigenvalue weighted by molar-refractivity contribution is 8.18. The lowest BCUT2D eigenvalue weighted by Gasteiger charge is -2.12. The number of carbonyl (C=O) groups excluding carboxylic acids is 3. The zero-order valence-electron chi connectivity index (χ0n) is 16.2. The molecule has 0 saturated carbocycles. The van der Waals surface area contributed by atoms with E-state index in [9.17, 15) is 14.4 Å². The van der Waals surface area contributed by atoms with Crippen molar-refractivity contribution in [3.05, 3.63) is 58.5 Å². The van der Waals surface area contributed by atoms with E-state index in [1.54, 1.807) is 37.5 Å². The van der Waals surface area contributed by atoms with E-state index < -0.39 is 17.1 Å². The first-order chi connectivity index (χ1) is 13.9. The number of ether oxygens (including phenoxy) is 2. The van der Waals surface area contributed by atoms with Crippen LogP contribution in [0.1, 0.15) is 11.1 Å². The Balaban J connectivity index is 1.74. The summed E-state index contributed by atoms with van der Waals surface area (Å²) in [6, 6.07) is 12.4. The van der Waals surface area contributed by atoms with Gasteiger partial charge in [0.05, 0.1) is 19.1 Å². The number of thioether (sulfide) groups is 1. The first-order valence-electron chi connectivity index (χ1n) is 8.75. The predicted octanol–water partition coefficient (Wildman–Crippen LogP) is 3.69. The standard InChI is InChI=1S/C21H20N2O5S/c1-13-5-4-6-15(9-13)22-19(24)12-23-20(25)18(29-21(23)26)10-14-7-8-16(27-2)11-17(14)28-3/h4-11H,12H2,1-3H3,(H,22,24)/b18-10+. The van der Waals surface area contributed by atoms with Crippen molar-refractivity contribution in [2.75, 3.05) is 26.1 Å². The van der Waals surface area contributed by atoms with Crippen LogP contribution >= 0.6 is 11.8 Å². The minimum absolute atomic E-state index is 0.224. The summed E-state index contributed by atoms with van der Waals surface area (Å²) < 4.78 is 10.5. The van der Waals surface area contributed by atoms with E-state index in [2.05, 4.69) is 5.32 Å². The van der Waals surface area contributed by atoms with Crippen LogP contribution in [-0.4, -0.2) is 42.7 Å². The molecular weight excluding hydrogens is 392 g/mol. The van der Waals surface area contributed by atoms with Crippen molar-refractivity contribution in [1.82, 2.24) is 4.90 Å². The van der Waals surface area contributed by atoms with E-state index in [0.29, 0.717) is 22.7 Å². The Labute approximate surface area is 172 Å². The highest BCUT2D eigenvalue weighted by Gasteiger charge is 2.36. The zero-order valence-corrected chi connectivity index (χ0v) is 17.0. The topological polar surface area (TPSA) is 84.9 Å². The fourth-order valence-electron chi connectivity index (χ4n) is 2.78. The Morgan fingerprint density at radius 3 is 2.62 bits per heavy atom. The van der Waals surface area contributed by atoms with Crippen LogP contribution in [0, 0.1) is 6.92 Å². The molecule has 1 aliphatic heterocycles. The first-order valence-corrected chi connectivity index (χ1v) is 9.57. The van der Waals surface area contributed by atoms with Gasteiger partial charge in [-0.3, -0.25) is 19.3 Å². The molecule has 0 unspecified atom stereocenters. The summed E-state index contributed by atoms with van der Waals surface area (Å²) in [5, 5.41) is 2.21. The van der Waals surface area contributed by atoms with Crippen LogP contribution in [0.5, 0.6) is 11.5 Å². The van der Waals surface area contributed by atoms with E-state index in [1.165, 1.54) is 7.11 Å². The summed E-state index contributed by atoms with van der Waals surface area (Å²) >= 11 is 0.788. The molecule has 0 radical (unpaired) electrons. The van der Waals surface area contributed by atoms with Gasteiger partial charge in [-0.05, 0) is 54.6 Å². The van der Waals surface area contributed by atoms with Gasteiger partial charge >= 0.3 is 0 Å². The van der Waals surface area contributed by atoms with Crippen molar-refractivity contribution in [3.8, 4) is 11.5 Å². The second kappa shape index (κ2) is 8.83. The Bertz CT molecular complexity index is 1000. The molecule has 8 heteroatoms. The van der Waals surface area contributed by atoms with Gasteiger partial charge in [0.25, 0.3) is 11.1 Å². The number of benzene rings is 2. The number of amides is 3. The van der Waals surface area contributed by atoms with E-state index >= 15 is 0 Å². The van der Waals surface area contributed by atoms with Gasteiger partial charge in [-0.25, -0.2) is 0 Å². The highest BCUT2D eigenvalue weighted by atomic mass is 32.2. The normalized spacial score (nSPS) is 15.0. The maximum atomic E-state index is 12.7. The third-order valence-electron chi connectivity index (χ3n) is 4.20. The molecule has 0 spiro atoms. The number of imide groups is 1. The second-order valence-corrected chi connectivity index (χ2v) is 7.29. The summed E-state index contributed by atoms with van der Waals surface area (Å²) in [5.74, 6) is 0.159. The monoisotopic (exact) mass is 412 g/mol. The van der Waals surface area contributed by atoms with Crippen molar-refractivity contribution in [1.29, 1.82) is 0 Å². The van der Waals surface area contributed by atoms with Crippen LogP contribution in [0.2, 0.25) is 0 Å². The van der Waals surface area contributed by atoms with Crippen LogP contribution in [0.3, 0.4) is 0 Å². The van der Waals surface area contributed by atoms with Crippen LogP contribution < -0.4 is 14.8 Å². The van der Waals surface area contributed by atoms with E-state index in [-0.39, 0.29) is 11.4 Å². The number of carbonyl (C=O) groups is 3. The third kappa shape index (κ3) is 4.78. The molecule has 0 bridgehead atoms. The molecule has 2 aromatic rings. The van der Waals surface area contributed by atoms with Crippen molar-refractivity contribution in [2.45, 2.75) is 6.92 Å². The molecule has 3 rings (SSSR count). The number of rotatable bonds is 6. The average Bonchev–Trinajstić information content (AvgIpc) is 2.95. The second-order valence-electron chi connectivity index (χ2n) is 6.29. The molecule has 1 heterocycles. The van der Waals surface area contributed by atoms with Gasteiger partial charge in [0, 0.05) is 17.3 Å². The van der Waals surface area contributed by atoms with Crippen LogP contribution in [0.4, 0.5) is 10.5 Å². The van der Waals surface area contributed by atoms with Gasteiger partial charge < -0.3 is 14.8 Å². The third-order valence-corrected chi connectivity index (χ3v) is 5.11. The van der Waals surface area contributed by atoms with Crippen molar-refractivity contribution < 1.29 is 23.9 Å². The van der Waals surface area contributed by atoms with Gasteiger partial charge in [0.1, 0.15) is 18.0 Å². The molecule has 0 aromatic heterocycles. The predicted molar refractivity (Wildman–Crippen MR) is 112 cm³/mol. The summed E-state index contributed by atoms with van der Waals surface area (Å²) in [6.45, 7) is 1.56. The Morgan fingerprint density at radius 1 is 1.14 bits per heavy atom. The molecule has 0 atom stereocenters.